The largest absolute Gasteiger partial charge is 0.390 e. The molecule has 0 aliphatic carbocycles. The van der Waals surface area contributed by atoms with E-state index in [4.69, 9.17) is 0 Å². The van der Waals surface area contributed by atoms with Gasteiger partial charge >= 0.3 is 0 Å². The van der Waals surface area contributed by atoms with Gasteiger partial charge in [0, 0.05) is 52.0 Å². The number of rotatable bonds is 9. The first kappa shape index (κ1) is 25.3. The topological polar surface area (TPSA) is 103 Å². The number of benzene rings is 1. The fourth-order valence-corrected chi connectivity index (χ4v) is 4.33. The van der Waals surface area contributed by atoms with Crippen LogP contribution >= 0.6 is 0 Å². The lowest BCUT2D eigenvalue weighted by atomic mass is 10.00. The van der Waals surface area contributed by atoms with Crippen LogP contribution < -0.4 is 5.32 Å². The zero-order chi connectivity index (χ0) is 25.7. The molecule has 4 rings (SSSR count). The summed E-state index contributed by atoms with van der Waals surface area (Å²) in [5.41, 5.74) is 5.32. The van der Waals surface area contributed by atoms with Crippen molar-refractivity contribution in [1.29, 1.82) is 0 Å². The lowest BCUT2D eigenvalue weighted by Gasteiger charge is -2.30. The second-order valence-electron chi connectivity index (χ2n) is 9.20. The van der Waals surface area contributed by atoms with Crippen LogP contribution in [0.5, 0.6) is 0 Å². The van der Waals surface area contributed by atoms with Crippen LogP contribution in [0.15, 0.2) is 55.0 Å². The molecule has 0 fully saturated rings. The number of hydrogen-bond acceptors (Lipinski definition) is 7. The number of β-amino-alcohol motifs (C(OH)–C–C–N with tert-alkyl or cyclic N) is 1. The Morgan fingerprint density at radius 1 is 1.28 bits per heavy atom. The van der Waals surface area contributed by atoms with Gasteiger partial charge in [-0.3, -0.25) is 19.5 Å². The minimum atomic E-state index is -0.690. The van der Waals surface area contributed by atoms with Gasteiger partial charge < -0.3 is 19.7 Å². The van der Waals surface area contributed by atoms with E-state index in [9.17, 15) is 14.7 Å². The number of allylic oxidation sites excluding steroid dienone is 3. The molecule has 188 valence electrons. The number of nitrogens with one attached hydrogen (secondary N) is 1. The molecule has 9 nitrogen and oxygen atoms in total. The summed E-state index contributed by atoms with van der Waals surface area (Å²) in [6.45, 7) is 4.10. The van der Waals surface area contributed by atoms with Gasteiger partial charge in [0.25, 0.3) is 5.91 Å². The molecule has 0 saturated heterocycles. The third-order valence-electron chi connectivity index (χ3n) is 6.24. The summed E-state index contributed by atoms with van der Waals surface area (Å²) < 4.78 is 1.78. The summed E-state index contributed by atoms with van der Waals surface area (Å²) in [4.78, 5) is 36.9. The molecule has 1 aliphatic heterocycles. The van der Waals surface area contributed by atoms with Gasteiger partial charge in [-0.25, -0.2) is 4.98 Å². The predicted octanol–water partition coefficient (Wildman–Crippen LogP) is 1.84. The van der Waals surface area contributed by atoms with Crippen molar-refractivity contribution in [2.24, 2.45) is 0 Å². The number of aliphatic hydroxyl groups is 1. The maximum atomic E-state index is 12.9. The SMILES string of the molecule is Cc1c(C(=O)NCC(O)CN2CCc3ccccc3C2)nc2cnc(C(/C=C\N(C)C)=C/C=O)cn12. The molecule has 0 saturated carbocycles. The second kappa shape index (κ2) is 11.3. The molecule has 9 heteroatoms. The summed E-state index contributed by atoms with van der Waals surface area (Å²) in [5, 5.41) is 13.4. The van der Waals surface area contributed by atoms with Gasteiger partial charge in [-0.2, -0.15) is 0 Å². The van der Waals surface area contributed by atoms with Crippen molar-refractivity contribution in [2.45, 2.75) is 26.0 Å². The van der Waals surface area contributed by atoms with Crippen LogP contribution in [0.3, 0.4) is 0 Å². The van der Waals surface area contributed by atoms with Gasteiger partial charge in [0.1, 0.15) is 12.0 Å². The van der Waals surface area contributed by atoms with E-state index in [1.54, 1.807) is 29.8 Å². The first-order chi connectivity index (χ1) is 17.4. The predicted molar refractivity (Wildman–Crippen MR) is 138 cm³/mol. The van der Waals surface area contributed by atoms with E-state index in [1.165, 1.54) is 17.2 Å². The number of fused-ring (bicyclic) bond motifs is 2. The van der Waals surface area contributed by atoms with Crippen LogP contribution in [-0.2, 0) is 17.8 Å². The molecular formula is C27H32N6O3. The van der Waals surface area contributed by atoms with Crippen molar-refractivity contribution in [3.63, 3.8) is 0 Å². The van der Waals surface area contributed by atoms with Crippen LogP contribution in [0.2, 0.25) is 0 Å². The van der Waals surface area contributed by atoms with E-state index in [0.717, 1.165) is 25.8 Å². The zero-order valence-electron chi connectivity index (χ0n) is 20.9. The highest BCUT2D eigenvalue weighted by molar-refractivity contribution is 5.94. The molecule has 0 spiro atoms. The minimum absolute atomic E-state index is 0.134. The van der Waals surface area contributed by atoms with Gasteiger partial charge in [-0.15, -0.1) is 0 Å². The maximum absolute atomic E-state index is 12.9. The van der Waals surface area contributed by atoms with Crippen LogP contribution in [0, 0.1) is 6.92 Å². The number of aromatic nitrogens is 3. The van der Waals surface area contributed by atoms with Gasteiger partial charge in [0.05, 0.1) is 23.7 Å². The molecule has 0 radical (unpaired) electrons. The molecule has 2 N–H and O–H groups in total. The van der Waals surface area contributed by atoms with E-state index >= 15 is 0 Å². The van der Waals surface area contributed by atoms with Gasteiger partial charge in [-0.1, -0.05) is 24.3 Å². The quantitative estimate of drug-likeness (QED) is 0.269. The zero-order valence-corrected chi connectivity index (χ0v) is 20.9. The Labute approximate surface area is 210 Å². The standard InChI is InChI=1S/C27H32N6O3/c1-19-26(30-25-15-28-24(18-33(19)25)21(10-13-34)8-11-31(2)3)27(36)29-14-23(35)17-32-12-9-20-6-4-5-7-22(20)16-32/h4-8,10-11,13,15,18,23,35H,9,12,14,16-17H2,1-3H3,(H,29,36)/b11-8-,21-10+. The lowest BCUT2D eigenvalue weighted by Crippen LogP contribution is -2.42. The van der Waals surface area contributed by atoms with Crippen LogP contribution in [0.1, 0.15) is 33.0 Å². The Balaban J connectivity index is 1.41. The smallest absolute Gasteiger partial charge is 0.271 e. The number of nitrogens with zero attached hydrogens (tertiary/aromatic N) is 5. The average Bonchev–Trinajstić information content (AvgIpc) is 3.20. The number of carbonyl (C=O) groups excluding carboxylic acids is 2. The maximum Gasteiger partial charge on any atom is 0.271 e. The molecule has 1 amide bonds. The van der Waals surface area contributed by atoms with Gasteiger partial charge in [0.2, 0.25) is 0 Å². The van der Waals surface area contributed by atoms with Gasteiger partial charge in [-0.05, 0) is 42.8 Å². The average molecular weight is 489 g/mol. The van der Waals surface area contributed by atoms with Crippen molar-refractivity contribution in [3.8, 4) is 0 Å². The third kappa shape index (κ3) is 5.87. The van der Waals surface area contributed by atoms with E-state index in [2.05, 4.69) is 38.4 Å². The number of aldehydes is 1. The normalized spacial score (nSPS) is 15.2. The Hall–Kier alpha value is -3.82. The van der Waals surface area contributed by atoms with Crippen molar-refractivity contribution in [1.82, 2.24) is 29.5 Å². The number of aryl methyl sites for hydroxylation is 1. The lowest BCUT2D eigenvalue weighted by molar-refractivity contribution is -0.104. The van der Waals surface area contributed by atoms with Crippen molar-refractivity contribution in [3.05, 3.63) is 83.2 Å². The highest BCUT2D eigenvalue weighted by Gasteiger charge is 2.21. The molecule has 1 unspecified atom stereocenters. The van der Waals surface area contributed by atoms with E-state index < -0.39 is 6.10 Å². The fourth-order valence-electron chi connectivity index (χ4n) is 4.33. The summed E-state index contributed by atoms with van der Waals surface area (Å²) >= 11 is 0. The Morgan fingerprint density at radius 3 is 2.81 bits per heavy atom. The molecule has 1 atom stereocenters. The molecular weight excluding hydrogens is 456 g/mol. The Morgan fingerprint density at radius 2 is 2.06 bits per heavy atom. The number of amides is 1. The summed E-state index contributed by atoms with van der Waals surface area (Å²) in [6, 6.07) is 8.37. The highest BCUT2D eigenvalue weighted by Crippen LogP contribution is 2.19. The van der Waals surface area contributed by atoms with Crippen molar-refractivity contribution >= 4 is 23.4 Å². The molecule has 36 heavy (non-hydrogen) atoms. The van der Waals surface area contributed by atoms with Gasteiger partial charge in [0.15, 0.2) is 5.65 Å². The first-order valence-corrected chi connectivity index (χ1v) is 12.0. The number of carbonyl (C=O) groups is 2. The van der Waals surface area contributed by atoms with Crippen molar-refractivity contribution in [2.75, 3.05) is 33.7 Å². The Bertz CT molecular complexity index is 1310. The minimum Gasteiger partial charge on any atom is -0.390 e. The van der Waals surface area contributed by atoms with Crippen molar-refractivity contribution < 1.29 is 14.7 Å². The molecule has 1 aliphatic rings. The highest BCUT2D eigenvalue weighted by atomic mass is 16.3. The third-order valence-corrected chi connectivity index (χ3v) is 6.24. The summed E-state index contributed by atoms with van der Waals surface area (Å²) in [7, 11) is 3.78. The van der Waals surface area contributed by atoms with E-state index in [1.807, 2.05) is 31.3 Å². The monoisotopic (exact) mass is 488 g/mol. The molecule has 3 heterocycles. The van der Waals surface area contributed by atoms with Crippen LogP contribution in [0.4, 0.5) is 0 Å². The fraction of sp³-hybridized carbons (Fsp3) is 0.333. The number of hydrogen-bond donors (Lipinski definition) is 2. The van der Waals surface area contributed by atoms with E-state index in [0.29, 0.717) is 29.2 Å². The first-order valence-electron chi connectivity index (χ1n) is 12.0. The molecule has 1 aromatic carbocycles. The summed E-state index contributed by atoms with van der Waals surface area (Å²) in [5.74, 6) is -0.350. The number of imidazole rings is 1. The van der Waals surface area contributed by atoms with Crippen LogP contribution in [0.25, 0.3) is 11.2 Å². The van der Waals surface area contributed by atoms with E-state index in [-0.39, 0.29) is 18.1 Å². The Kier molecular flexibility index (Phi) is 7.92. The molecule has 2 aromatic heterocycles. The number of aliphatic hydroxyl groups excluding tert-OH is 1. The second-order valence-corrected chi connectivity index (χ2v) is 9.20. The molecule has 3 aromatic rings. The molecule has 0 bridgehead atoms. The summed E-state index contributed by atoms with van der Waals surface area (Å²) in [6.07, 6.45) is 9.38. The van der Waals surface area contributed by atoms with Crippen LogP contribution in [-0.4, -0.2) is 81.3 Å².